The lowest BCUT2D eigenvalue weighted by Gasteiger charge is -2.29. The first-order valence-electron chi connectivity index (χ1n) is 7.41. The number of hydrogen-bond acceptors (Lipinski definition) is 4. The standard InChI is InChI=1S/C9H12BNO.C8H10O2/c1-11-3-2-6-4-7(10)9(12)5-8(6)11;1-9-7-5-3-4-6-8(7)10-2/h2,7-8H,3-5H2,1H3;3-6H,1-2H3. The van der Waals surface area contributed by atoms with Crippen LogP contribution >= 0.6 is 0 Å². The third-order valence-electron chi connectivity index (χ3n) is 4.15. The van der Waals surface area contributed by atoms with Crippen LogP contribution in [0, 0.1) is 0 Å². The average Bonchev–Trinajstić information content (AvgIpc) is 2.89. The number of nitrogens with zero attached hydrogens (tertiary/aromatic N) is 1. The Morgan fingerprint density at radius 1 is 1.14 bits per heavy atom. The van der Waals surface area contributed by atoms with Crippen LogP contribution < -0.4 is 9.47 Å². The molecule has 1 fully saturated rings. The van der Waals surface area contributed by atoms with Crippen LogP contribution in [-0.4, -0.2) is 52.4 Å². The third kappa shape index (κ3) is 3.71. The van der Waals surface area contributed by atoms with Crippen molar-refractivity contribution in [2.24, 2.45) is 0 Å². The summed E-state index contributed by atoms with van der Waals surface area (Å²) in [7, 11) is 11.0. The topological polar surface area (TPSA) is 38.8 Å². The van der Waals surface area contributed by atoms with Gasteiger partial charge in [-0.2, -0.15) is 0 Å². The zero-order valence-corrected chi connectivity index (χ0v) is 13.4. The number of Topliss-reactive ketones (excluding diaryl/α,β-unsaturated/α-hetero) is 1. The summed E-state index contributed by atoms with van der Waals surface area (Å²) < 4.78 is 10.0. The number of fused-ring (bicyclic) bond motifs is 1. The highest BCUT2D eigenvalue weighted by molar-refractivity contribution is 6.24. The summed E-state index contributed by atoms with van der Waals surface area (Å²) in [6, 6.07) is 7.89. The van der Waals surface area contributed by atoms with Crippen molar-refractivity contribution in [2.45, 2.75) is 24.7 Å². The Morgan fingerprint density at radius 2 is 1.73 bits per heavy atom. The van der Waals surface area contributed by atoms with E-state index in [0.29, 0.717) is 12.5 Å². The quantitative estimate of drug-likeness (QED) is 0.620. The molecule has 1 aliphatic carbocycles. The number of rotatable bonds is 2. The van der Waals surface area contributed by atoms with Gasteiger partial charge in [0.1, 0.15) is 5.78 Å². The van der Waals surface area contributed by atoms with Crippen LogP contribution in [0.4, 0.5) is 0 Å². The molecule has 2 radical (unpaired) electrons. The second-order valence-electron chi connectivity index (χ2n) is 5.57. The van der Waals surface area contributed by atoms with E-state index >= 15 is 0 Å². The number of ketones is 1. The van der Waals surface area contributed by atoms with Crippen LogP contribution in [0.15, 0.2) is 35.9 Å². The predicted octanol–water partition coefficient (Wildman–Crippen LogP) is 2.25. The minimum atomic E-state index is -0.237. The summed E-state index contributed by atoms with van der Waals surface area (Å²) in [5.74, 6) is 1.51. The minimum absolute atomic E-state index is 0.214. The molecule has 0 amide bonds. The van der Waals surface area contributed by atoms with Gasteiger partial charge >= 0.3 is 0 Å². The molecule has 0 aromatic heterocycles. The van der Waals surface area contributed by atoms with Gasteiger partial charge in [-0.1, -0.05) is 23.8 Å². The Kier molecular flexibility index (Phi) is 5.66. The first kappa shape index (κ1) is 16.6. The summed E-state index contributed by atoms with van der Waals surface area (Å²) in [5.41, 5.74) is 1.37. The first-order valence-corrected chi connectivity index (χ1v) is 7.41. The monoisotopic (exact) mass is 299 g/mol. The molecule has 0 bridgehead atoms. The summed E-state index contributed by atoms with van der Waals surface area (Å²) in [4.78, 5) is 13.5. The number of likely N-dealkylation sites (N-methyl/N-ethyl adjacent to an activating group) is 1. The molecule has 1 heterocycles. The van der Waals surface area contributed by atoms with Gasteiger partial charge in [-0.05, 0) is 31.4 Å². The molecule has 2 atom stereocenters. The van der Waals surface area contributed by atoms with Gasteiger partial charge in [-0.25, -0.2) is 0 Å². The fourth-order valence-corrected chi connectivity index (χ4v) is 2.81. The lowest BCUT2D eigenvalue weighted by molar-refractivity contribution is -0.120. The fraction of sp³-hybridized carbons (Fsp3) is 0.471. The maximum atomic E-state index is 11.3. The molecule has 2 aliphatic rings. The smallest absolute Gasteiger partial charge is 0.160 e. The maximum Gasteiger partial charge on any atom is 0.160 e. The van der Waals surface area contributed by atoms with Crippen molar-refractivity contribution >= 4 is 13.6 Å². The van der Waals surface area contributed by atoms with Gasteiger partial charge in [0, 0.05) is 19.0 Å². The minimum Gasteiger partial charge on any atom is -0.493 e. The molecule has 0 N–H and O–H groups in total. The number of methoxy groups -OCH3 is 2. The number of hydrogen-bond donors (Lipinski definition) is 0. The second-order valence-corrected chi connectivity index (χ2v) is 5.57. The molecule has 1 aromatic carbocycles. The molecule has 3 rings (SSSR count). The van der Waals surface area contributed by atoms with Crippen molar-refractivity contribution in [1.29, 1.82) is 0 Å². The zero-order chi connectivity index (χ0) is 16.1. The summed E-state index contributed by atoms with van der Waals surface area (Å²) >= 11 is 0. The number of benzene rings is 1. The molecule has 5 heteroatoms. The van der Waals surface area contributed by atoms with E-state index in [1.807, 2.05) is 24.3 Å². The zero-order valence-electron chi connectivity index (χ0n) is 13.4. The van der Waals surface area contributed by atoms with E-state index in [1.165, 1.54) is 5.57 Å². The molecule has 4 nitrogen and oxygen atoms in total. The van der Waals surface area contributed by atoms with E-state index in [4.69, 9.17) is 17.3 Å². The van der Waals surface area contributed by atoms with E-state index in [-0.39, 0.29) is 11.6 Å². The van der Waals surface area contributed by atoms with E-state index in [9.17, 15) is 4.79 Å². The molecule has 1 aromatic rings. The SMILES string of the molecule is COc1ccccc1OC.[B]C1CC2=CCN(C)C2CC1=O. The normalized spacial score (nSPS) is 24.0. The Balaban J connectivity index is 0.000000164. The Morgan fingerprint density at radius 3 is 2.27 bits per heavy atom. The van der Waals surface area contributed by atoms with Crippen molar-refractivity contribution in [3.05, 3.63) is 35.9 Å². The number of carbonyl (C=O) groups excluding carboxylic acids is 1. The van der Waals surface area contributed by atoms with E-state index < -0.39 is 0 Å². The van der Waals surface area contributed by atoms with Crippen LogP contribution in [0.25, 0.3) is 0 Å². The third-order valence-corrected chi connectivity index (χ3v) is 4.15. The number of carbonyl (C=O) groups is 1. The van der Waals surface area contributed by atoms with Gasteiger partial charge in [0.2, 0.25) is 0 Å². The molecule has 0 saturated heterocycles. The lowest BCUT2D eigenvalue weighted by Crippen LogP contribution is -2.35. The van der Waals surface area contributed by atoms with E-state index in [2.05, 4.69) is 18.0 Å². The van der Waals surface area contributed by atoms with Gasteiger partial charge in [0.05, 0.1) is 22.1 Å². The Hall–Kier alpha value is -1.75. The van der Waals surface area contributed by atoms with E-state index in [1.54, 1.807) is 14.2 Å². The fourth-order valence-electron chi connectivity index (χ4n) is 2.81. The Labute approximate surface area is 133 Å². The second kappa shape index (κ2) is 7.50. The summed E-state index contributed by atoms with van der Waals surface area (Å²) in [6.07, 6.45) is 3.59. The molecule has 1 aliphatic heterocycles. The maximum absolute atomic E-state index is 11.3. The molecular formula is C17H22BNO3. The van der Waals surface area contributed by atoms with Gasteiger partial charge in [0.25, 0.3) is 0 Å². The lowest BCUT2D eigenvalue weighted by atomic mass is 9.71. The van der Waals surface area contributed by atoms with Crippen molar-refractivity contribution in [3.8, 4) is 11.5 Å². The highest BCUT2D eigenvalue weighted by atomic mass is 16.5. The van der Waals surface area contributed by atoms with Crippen molar-refractivity contribution in [2.75, 3.05) is 27.8 Å². The van der Waals surface area contributed by atoms with Crippen LogP contribution in [0.5, 0.6) is 11.5 Å². The highest BCUT2D eigenvalue weighted by Gasteiger charge is 2.33. The van der Waals surface area contributed by atoms with Crippen LogP contribution in [0.3, 0.4) is 0 Å². The van der Waals surface area contributed by atoms with Crippen LogP contribution in [-0.2, 0) is 4.79 Å². The van der Waals surface area contributed by atoms with E-state index in [0.717, 1.165) is 24.5 Å². The molecule has 22 heavy (non-hydrogen) atoms. The summed E-state index contributed by atoms with van der Waals surface area (Å²) in [6.45, 7) is 0.972. The molecular weight excluding hydrogens is 277 g/mol. The molecule has 0 spiro atoms. The summed E-state index contributed by atoms with van der Waals surface area (Å²) in [5, 5.41) is 0. The van der Waals surface area contributed by atoms with Crippen molar-refractivity contribution in [1.82, 2.24) is 4.90 Å². The first-order chi connectivity index (χ1) is 10.6. The molecule has 116 valence electrons. The van der Waals surface area contributed by atoms with Crippen molar-refractivity contribution in [3.63, 3.8) is 0 Å². The largest absolute Gasteiger partial charge is 0.493 e. The van der Waals surface area contributed by atoms with Gasteiger partial charge in [-0.15, -0.1) is 0 Å². The number of para-hydroxylation sites is 2. The van der Waals surface area contributed by atoms with Crippen molar-refractivity contribution < 1.29 is 14.3 Å². The van der Waals surface area contributed by atoms with Gasteiger partial charge in [-0.3, -0.25) is 4.90 Å². The average molecular weight is 299 g/mol. The predicted molar refractivity (Wildman–Crippen MR) is 87.8 cm³/mol. The van der Waals surface area contributed by atoms with Gasteiger partial charge in [0.15, 0.2) is 11.5 Å². The highest BCUT2D eigenvalue weighted by Crippen LogP contribution is 2.33. The Bertz CT molecular complexity index is 536. The van der Waals surface area contributed by atoms with Crippen LogP contribution in [0.2, 0.25) is 5.82 Å². The van der Waals surface area contributed by atoms with Gasteiger partial charge < -0.3 is 14.3 Å². The molecule has 1 saturated carbocycles. The number of ether oxygens (including phenoxy) is 2. The molecule has 2 unspecified atom stereocenters. The van der Waals surface area contributed by atoms with Crippen LogP contribution in [0.1, 0.15) is 12.8 Å².